The van der Waals surface area contributed by atoms with Crippen molar-refractivity contribution in [3.63, 3.8) is 0 Å². The molecule has 0 heterocycles. The fourth-order valence-electron chi connectivity index (χ4n) is 1.82. The smallest absolute Gasteiger partial charge is 0.255 e. The van der Waals surface area contributed by atoms with E-state index in [0.29, 0.717) is 27.0 Å². The van der Waals surface area contributed by atoms with Gasteiger partial charge in [-0.15, -0.1) is 0 Å². The van der Waals surface area contributed by atoms with E-state index < -0.39 is 10.8 Å². The van der Waals surface area contributed by atoms with Crippen molar-refractivity contribution >= 4 is 45.6 Å². The van der Waals surface area contributed by atoms with Gasteiger partial charge in [-0.3, -0.25) is 9.00 Å². The summed E-state index contributed by atoms with van der Waals surface area (Å²) in [6, 6.07) is 11.8. The summed E-state index contributed by atoms with van der Waals surface area (Å²) >= 11 is 11.9. The highest BCUT2D eigenvalue weighted by Gasteiger charge is 2.09. The van der Waals surface area contributed by atoms with Crippen LogP contribution in [-0.2, 0) is 16.6 Å². The average Bonchev–Trinajstić information content (AvgIpc) is 2.42. The Morgan fingerprint density at radius 1 is 1.19 bits per heavy atom. The Hall–Kier alpha value is -1.36. The average molecular weight is 342 g/mol. The minimum Gasteiger partial charge on any atom is -0.322 e. The van der Waals surface area contributed by atoms with Gasteiger partial charge < -0.3 is 5.32 Å². The molecule has 0 aliphatic carbocycles. The summed E-state index contributed by atoms with van der Waals surface area (Å²) in [6.07, 6.45) is 1.60. The summed E-state index contributed by atoms with van der Waals surface area (Å²) in [7, 11) is -1.00. The predicted octanol–water partition coefficient (Wildman–Crippen LogP) is 4.12. The third-order valence-electron chi connectivity index (χ3n) is 2.75. The van der Waals surface area contributed by atoms with Crippen molar-refractivity contribution in [2.24, 2.45) is 0 Å². The normalized spacial score (nSPS) is 12.0. The minimum atomic E-state index is -1.00. The van der Waals surface area contributed by atoms with Gasteiger partial charge in [-0.05, 0) is 42.0 Å². The standard InChI is InChI=1S/C15H13Cl2NO2S/c1-21(20)9-11-8-13(5-6-14(11)17)18-15(19)10-3-2-4-12(16)7-10/h2-8H,9H2,1H3,(H,18,19)/t21-/m0/s1. The fourth-order valence-corrected chi connectivity index (χ4v) is 2.95. The lowest BCUT2D eigenvalue weighted by Crippen LogP contribution is -2.12. The van der Waals surface area contributed by atoms with Gasteiger partial charge in [-0.25, -0.2) is 0 Å². The van der Waals surface area contributed by atoms with E-state index in [-0.39, 0.29) is 5.91 Å². The maximum Gasteiger partial charge on any atom is 0.255 e. The van der Waals surface area contributed by atoms with Crippen LogP contribution in [0.15, 0.2) is 42.5 Å². The number of carbonyl (C=O) groups is 1. The molecule has 2 rings (SSSR count). The van der Waals surface area contributed by atoms with Crippen molar-refractivity contribution in [1.82, 2.24) is 0 Å². The van der Waals surface area contributed by atoms with Gasteiger partial charge in [0.15, 0.2) is 0 Å². The van der Waals surface area contributed by atoms with Crippen LogP contribution in [0.2, 0.25) is 10.0 Å². The van der Waals surface area contributed by atoms with Gasteiger partial charge in [0.25, 0.3) is 5.91 Å². The van der Waals surface area contributed by atoms with Gasteiger partial charge in [0.05, 0.1) is 0 Å². The van der Waals surface area contributed by atoms with E-state index >= 15 is 0 Å². The Balaban J connectivity index is 2.19. The number of carbonyl (C=O) groups excluding carboxylic acids is 1. The summed E-state index contributed by atoms with van der Waals surface area (Å²) in [5.74, 6) is 0.0862. The van der Waals surface area contributed by atoms with E-state index in [2.05, 4.69) is 5.32 Å². The third kappa shape index (κ3) is 4.56. The molecule has 0 unspecified atom stereocenters. The molecule has 0 saturated carbocycles. The van der Waals surface area contributed by atoms with Crippen molar-refractivity contribution in [1.29, 1.82) is 0 Å². The molecule has 1 N–H and O–H groups in total. The number of amides is 1. The summed E-state index contributed by atoms with van der Waals surface area (Å²) in [5.41, 5.74) is 1.81. The van der Waals surface area contributed by atoms with Crippen LogP contribution in [0.25, 0.3) is 0 Å². The van der Waals surface area contributed by atoms with Gasteiger partial charge in [0.1, 0.15) is 0 Å². The Bertz CT molecular complexity index is 704. The Morgan fingerprint density at radius 2 is 1.95 bits per heavy atom. The summed E-state index contributed by atoms with van der Waals surface area (Å²) in [6.45, 7) is 0. The number of hydrogen-bond acceptors (Lipinski definition) is 2. The minimum absolute atomic E-state index is 0.261. The van der Waals surface area contributed by atoms with E-state index in [0.717, 1.165) is 5.56 Å². The number of anilines is 1. The van der Waals surface area contributed by atoms with Crippen molar-refractivity contribution in [2.45, 2.75) is 5.75 Å². The van der Waals surface area contributed by atoms with E-state index in [9.17, 15) is 9.00 Å². The second kappa shape index (κ2) is 7.07. The van der Waals surface area contributed by atoms with Gasteiger partial charge >= 0.3 is 0 Å². The lowest BCUT2D eigenvalue weighted by atomic mass is 10.2. The van der Waals surface area contributed by atoms with Gasteiger partial charge in [-0.1, -0.05) is 29.3 Å². The zero-order valence-electron chi connectivity index (χ0n) is 11.2. The molecule has 0 fully saturated rings. The van der Waals surface area contributed by atoms with Crippen molar-refractivity contribution < 1.29 is 9.00 Å². The van der Waals surface area contributed by atoms with Gasteiger partial charge in [0.2, 0.25) is 0 Å². The molecule has 1 amide bonds. The summed E-state index contributed by atoms with van der Waals surface area (Å²) < 4.78 is 11.3. The monoisotopic (exact) mass is 341 g/mol. The molecule has 0 radical (unpaired) electrons. The van der Waals surface area contributed by atoms with Crippen LogP contribution in [0.5, 0.6) is 0 Å². The molecule has 1 atom stereocenters. The largest absolute Gasteiger partial charge is 0.322 e. The number of nitrogens with one attached hydrogen (secondary N) is 1. The molecule has 2 aromatic rings. The molecule has 0 spiro atoms. The van der Waals surface area contributed by atoms with Crippen LogP contribution in [0.4, 0.5) is 5.69 Å². The lowest BCUT2D eigenvalue weighted by Gasteiger charge is -2.09. The Kier molecular flexibility index (Phi) is 5.39. The molecule has 3 nitrogen and oxygen atoms in total. The number of rotatable bonds is 4. The second-order valence-corrected chi connectivity index (χ2v) is 6.77. The van der Waals surface area contributed by atoms with Crippen LogP contribution >= 0.6 is 23.2 Å². The zero-order chi connectivity index (χ0) is 15.4. The molecule has 0 saturated heterocycles. The Morgan fingerprint density at radius 3 is 2.62 bits per heavy atom. The highest BCUT2D eigenvalue weighted by molar-refractivity contribution is 7.83. The van der Waals surface area contributed by atoms with E-state index in [1.54, 1.807) is 48.7 Å². The van der Waals surface area contributed by atoms with Crippen LogP contribution in [0, 0.1) is 0 Å². The van der Waals surface area contributed by atoms with Gasteiger partial charge in [0, 0.05) is 44.1 Å². The topological polar surface area (TPSA) is 46.2 Å². The SMILES string of the molecule is C[S@](=O)Cc1cc(NC(=O)c2cccc(Cl)c2)ccc1Cl. The number of hydrogen-bond donors (Lipinski definition) is 1. The number of halogens is 2. The van der Waals surface area contributed by atoms with Crippen molar-refractivity contribution in [3.05, 3.63) is 63.6 Å². The lowest BCUT2D eigenvalue weighted by molar-refractivity contribution is 0.102. The first kappa shape index (κ1) is 16.0. The highest BCUT2D eigenvalue weighted by atomic mass is 35.5. The maximum absolute atomic E-state index is 12.1. The van der Waals surface area contributed by atoms with E-state index in [1.165, 1.54) is 0 Å². The first-order chi connectivity index (χ1) is 9.95. The Labute approximate surface area is 135 Å². The highest BCUT2D eigenvalue weighted by Crippen LogP contribution is 2.22. The molecule has 6 heteroatoms. The van der Waals surface area contributed by atoms with Crippen LogP contribution in [-0.4, -0.2) is 16.4 Å². The van der Waals surface area contributed by atoms with Crippen LogP contribution < -0.4 is 5.32 Å². The molecule has 21 heavy (non-hydrogen) atoms. The molecule has 2 aromatic carbocycles. The molecule has 0 aliphatic rings. The second-order valence-electron chi connectivity index (χ2n) is 4.49. The first-order valence-corrected chi connectivity index (χ1v) is 8.59. The number of benzene rings is 2. The molecule has 110 valence electrons. The summed E-state index contributed by atoms with van der Waals surface area (Å²) in [4.78, 5) is 12.1. The van der Waals surface area contributed by atoms with E-state index in [4.69, 9.17) is 23.2 Å². The molecular weight excluding hydrogens is 329 g/mol. The molecule has 0 aromatic heterocycles. The quantitative estimate of drug-likeness (QED) is 0.908. The molecule has 0 aliphatic heterocycles. The molecular formula is C15H13Cl2NO2S. The fraction of sp³-hybridized carbons (Fsp3) is 0.133. The van der Waals surface area contributed by atoms with Gasteiger partial charge in [-0.2, -0.15) is 0 Å². The van der Waals surface area contributed by atoms with E-state index in [1.807, 2.05) is 0 Å². The first-order valence-electron chi connectivity index (χ1n) is 6.11. The van der Waals surface area contributed by atoms with Crippen molar-refractivity contribution in [3.8, 4) is 0 Å². The summed E-state index contributed by atoms with van der Waals surface area (Å²) in [5, 5.41) is 3.81. The van der Waals surface area contributed by atoms with Crippen LogP contribution in [0.3, 0.4) is 0 Å². The molecule has 0 bridgehead atoms. The van der Waals surface area contributed by atoms with Crippen molar-refractivity contribution in [2.75, 3.05) is 11.6 Å². The van der Waals surface area contributed by atoms with Crippen LogP contribution in [0.1, 0.15) is 15.9 Å². The predicted molar refractivity (Wildman–Crippen MR) is 88.6 cm³/mol. The maximum atomic E-state index is 12.1. The third-order valence-corrected chi connectivity index (χ3v) is 4.07. The zero-order valence-corrected chi connectivity index (χ0v) is 13.6.